The van der Waals surface area contributed by atoms with E-state index in [1.54, 1.807) is 7.05 Å². The summed E-state index contributed by atoms with van der Waals surface area (Å²) < 4.78 is 0. The molecule has 3 aliphatic rings. The normalized spacial score (nSPS) is 35.6. The summed E-state index contributed by atoms with van der Waals surface area (Å²) in [5.41, 5.74) is 1.93. The molecule has 2 nitrogen and oxygen atoms in total. The Hall–Kier alpha value is -0.340. The van der Waals surface area contributed by atoms with Crippen LogP contribution in [0.3, 0.4) is 0 Å². The summed E-state index contributed by atoms with van der Waals surface area (Å²) in [6.07, 6.45) is 4.89. The summed E-state index contributed by atoms with van der Waals surface area (Å²) >= 11 is 0. The van der Waals surface area contributed by atoms with Crippen molar-refractivity contribution in [2.24, 2.45) is 17.3 Å². The fourth-order valence-corrected chi connectivity index (χ4v) is 2.92. The largest absolute Gasteiger partial charge is 0.314 e. The van der Waals surface area contributed by atoms with Crippen LogP contribution in [0.2, 0.25) is 0 Å². The predicted molar refractivity (Wildman–Crippen MR) is 52.5 cm³/mol. The number of hydroxylamine groups is 2. The average Bonchev–Trinajstić information content (AvgIpc) is 2.03. The fourth-order valence-electron chi connectivity index (χ4n) is 2.92. The molecule has 2 unspecified atom stereocenters. The van der Waals surface area contributed by atoms with E-state index in [4.69, 9.17) is 0 Å². The number of nitrogens with zero attached hydrogens (tertiary/aromatic N) is 1. The molecule has 1 N–H and O–H groups in total. The number of hydrogen-bond donors (Lipinski definition) is 1. The monoisotopic (exact) mass is 181 g/mol. The smallest absolute Gasteiger partial charge is 0.0448 e. The number of rotatable bonds is 2. The first kappa shape index (κ1) is 9.22. The molecule has 0 aliphatic heterocycles. The maximum atomic E-state index is 9.20. The predicted octanol–water partition coefficient (Wildman–Crippen LogP) is 2.30. The maximum absolute atomic E-state index is 9.20. The summed E-state index contributed by atoms with van der Waals surface area (Å²) in [5, 5.41) is 10.5. The Morgan fingerprint density at radius 1 is 1.62 bits per heavy atom. The van der Waals surface area contributed by atoms with E-state index < -0.39 is 0 Å². The molecule has 0 heterocycles. The SMILES string of the molecule is CN(O)CC1=CCC2CC1C2(C)C. The summed E-state index contributed by atoms with van der Waals surface area (Å²) in [5.74, 6) is 1.62. The first-order valence-electron chi connectivity index (χ1n) is 5.10. The molecule has 2 atom stereocenters. The third kappa shape index (κ3) is 1.32. The van der Waals surface area contributed by atoms with Crippen molar-refractivity contribution in [2.45, 2.75) is 26.7 Å². The summed E-state index contributed by atoms with van der Waals surface area (Å²) in [6.45, 7) is 5.44. The molecule has 0 radical (unpaired) electrons. The molecule has 0 aromatic heterocycles. The van der Waals surface area contributed by atoms with E-state index in [9.17, 15) is 5.21 Å². The van der Waals surface area contributed by atoms with E-state index in [1.807, 2.05) is 0 Å². The molecule has 0 saturated heterocycles. The van der Waals surface area contributed by atoms with E-state index >= 15 is 0 Å². The highest BCUT2D eigenvalue weighted by Gasteiger charge is 2.50. The molecule has 2 heteroatoms. The molecular formula is C11H19NO. The minimum absolute atomic E-state index is 0.486. The minimum atomic E-state index is 0.486. The number of likely N-dealkylation sites (N-methyl/N-ethyl adjacent to an activating group) is 1. The molecule has 2 bridgehead atoms. The van der Waals surface area contributed by atoms with Gasteiger partial charge >= 0.3 is 0 Å². The molecule has 3 aliphatic carbocycles. The van der Waals surface area contributed by atoms with Crippen LogP contribution >= 0.6 is 0 Å². The molecule has 1 fully saturated rings. The van der Waals surface area contributed by atoms with Gasteiger partial charge in [0.15, 0.2) is 0 Å². The van der Waals surface area contributed by atoms with Crippen molar-refractivity contribution in [3.63, 3.8) is 0 Å². The lowest BCUT2D eigenvalue weighted by Crippen LogP contribution is -2.49. The minimum Gasteiger partial charge on any atom is -0.314 e. The second-order valence-corrected chi connectivity index (χ2v) is 5.14. The molecule has 3 rings (SSSR count). The van der Waals surface area contributed by atoms with Crippen LogP contribution in [0.4, 0.5) is 0 Å². The summed E-state index contributed by atoms with van der Waals surface area (Å²) in [6, 6.07) is 0. The van der Waals surface area contributed by atoms with Crippen LogP contribution in [-0.4, -0.2) is 23.9 Å². The Morgan fingerprint density at radius 3 is 2.77 bits per heavy atom. The van der Waals surface area contributed by atoms with Gasteiger partial charge in [-0.1, -0.05) is 25.5 Å². The Bertz CT molecular complexity index is 242. The second kappa shape index (κ2) is 2.82. The lowest BCUT2D eigenvalue weighted by molar-refractivity contribution is -0.0720. The van der Waals surface area contributed by atoms with Gasteiger partial charge in [0.05, 0.1) is 0 Å². The van der Waals surface area contributed by atoms with Gasteiger partial charge in [-0.05, 0) is 30.1 Å². The van der Waals surface area contributed by atoms with Crippen molar-refractivity contribution in [2.75, 3.05) is 13.6 Å². The summed E-state index contributed by atoms with van der Waals surface area (Å²) in [7, 11) is 1.72. The molecule has 0 aromatic carbocycles. The van der Waals surface area contributed by atoms with Crippen LogP contribution in [0.1, 0.15) is 26.7 Å². The van der Waals surface area contributed by atoms with E-state index in [1.165, 1.54) is 23.5 Å². The zero-order valence-corrected chi connectivity index (χ0v) is 8.75. The third-order valence-corrected chi connectivity index (χ3v) is 3.99. The van der Waals surface area contributed by atoms with Crippen molar-refractivity contribution in [1.82, 2.24) is 5.06 Å². The van der Waals surface area contributed by atoms with E-state index in [-0.39, 0.29) is 0 Å². The standard InChI is InChI=1S/C11H19NO/c1-11(2)9-5-4-8(7-12(3)13)10(11)6-9/h4,9-10,13H,5-7H2,1-3H3. The van der Waals surface area contributed by atoms with Crippen LogP contribution in [0.15, 0.2) is 11.6 Å². The molecule has 13 heavy (non-hydrogen) atoms. The van der Waals surface area contributed by atoms with Gasteiger partial charge in [0, 0.05) is 13.6 Å². The lowest BCUT2D eigenvalue weighted by Gasteiger charge is -2.56. The van der Waals surface area contributed by atoms with Gasteiger partial charge in [0.2, 0.25) is 0 Å². The van der Waals surface area contributed by atoms with Gasteiger partial charge in [0.25, 0.3) is 0 Å². The van der Waals surface area contributed by atoms with Crippen LogP contribution in [0.25, 0.3) is 0 Å². The van der Waals surface area contributed by atoms with Crippen molar-refractivity contribution in [3.8, 4) is 0 Å². The highest BCUT2D eigenvalue weighted by atomic mass is 16.5. The third-order valence-electron chi connectivity index (χ3n) is 3.99. The quantitative estimate of drug-likeness (QED) is 0.522. The first-order valence-corrected chi connectivity index (χ1v) is 5.10. The van der Waals surface area contributed by atoms with Gasteiger partial charge < -0.3 is 5.21 Å². The maximum Gasteiger partial charge on any atom is 0.0448 e. The van der Waals surface area contributed by atoms with Gasteiger partial charge in [0.1, 0.15) is 0 Å². The second-order valence-electron chi connectivity index (χ2n) is 5.14. The fraction of sp³-hybridized carbons (Fsp3) is 0.818. The highest BCUT2D eigenvalue weighted by Crippen LogP contribution is 2.59. The van der Waals surface area contributed by atoms with Gasteiger partial charge in [-0.15, -0.1) is 0 Å². The van der Waals surface area contributed by atoms with Gasteiger partial charge in [-0.25, -0.2) is 0 Å². The number of hydrogen-bond acceptors (Lipinski definition) is 2. The van der Waals surface area contributed by atoms with Crippen LogP contribution in [0.5, 0.6) is 0 Å². The Kier molecular flexibility index (Phi) is 2.00. The molecule has 0 spiro atoms. The van der Waals surface area contributed by atoms with Gasteiger partial charge in [-0.3, -0.25) is 0 Å². The van der Waals surface area contributed by atoms with Crippen LogP contribution in [0, 0.1) is 17.3 Å². The Labute approximate surface area is 80.2 Å². The van der Waals surface area contributed by atoms with E-state index in [0.29, 0.717) is 5.41 Å². The zero-order chi connectivity index (χ0) is 9.64. The zero-order valence-electron chi connectivity index (χ0n) is 8.75. The van der Waals surface area contributed by atoms with Gasteiger partial charge in [-0.2, -0.15) is 5.06 Å². The molecule has 0 aromatic rings. The van der Waals surface area contributed by atoms with Crippen LogP contribution < -0.4 is 0 Å². The molecular weight excluding hydrogens is 162 g/mol. The Morgan fingerprint density at radius 2 is 2.31 bits per heavy atom. The first-order chi connectivity index (χ1) is 6.01. The lowest BCUT2D eigenvalue weighted by atomic mass is 9.49. The molecule has 0 amide bonds. The Balaban J connectivity index is 2.10. The van der Waals surface area contributed by atoms with E-state index in [0.717, 1.165) is 18.4 Å². The molecule has 1 saturated carbocycles. The summed E-state index contributed by atoms with van der Waals surface area (Å²) in [4.78, 5) is 0. The topological polar surface area (TPSA) is 23.5 Å². The van der Waals surface area contributed by atoms with Crippen LogP contribution in [-0.2, 0) is 0 Å². The van der Waals surface area contributed by atoms with Crippen molar-refractivity contribution >= 4 is 0 Å². The van der Waals surface area contributed by atoms with E-state index in [2.05, 4.69) is 19.9 Å². The van der Waals surface area contributed by atoms with Crippen molar-refractivity contribution in [1.29, 1.82) is 0 Å². The molecule has 74 valence electrons. The van der Waals surface area contributed by atoms with Crippen molar-refractivity contribution < 1.29 is 5.21 Å². The van der Waals surface area contributed by atoms with Crippen molar-refractivity contribution in [3.05, 3.63) is 11.6 Å². The number of fused-ring (bicyclic) bond motifs is 1. The highest BCUT2D eigenvalue weighted by molar-refractivity contribution is 5.24. The number of allylic oxidation sites excluding steroid dienone is 1. The average molecular weight is 181 g/mol.